The summed E-state index contributed by atoms with van der Waals surface area (Å²) in [7, 11) is 0. The number of ether oxygens (including phenoxy) is 1. The van der Waals surface area contributed by atoms with E-state index in [0.717, 1.165) is 32.8 Å². The first-order valence-corrected chi connectivity index (χ1v) is 7.50. The van der Waals surface area contributed by atoms with Gasteiger partial charge in [-0.2, -0.15) is 0 Å². The molecule has 2 fully saturated rings. The molecule has 2 aliphatic heterocycles. The number of benzene rings is 1. The minimum atomic E-state index is 0.399. The van der Waals surface area contributed by atoms with E-state index in [1.54, 1.807) is 0 Å². The van der Waals surface area contributed by atoms with Crippen molar-refractivity contribution < 1.29 is 4.74 Å². The van der Waals surface area contributed by atoms with Crippen molar-refractivity contribution in [3.63, 3.8) is 0 Å². The number of hydrogen-bond acceptors (Lipinski definition) is 3. The van der Waals surface area contributed by atoms with E-state index < -0.39 is 0 Å². The molecule has 1 aromatic carbocycles. The van der Waals surface area contributed by atoms with Crippen LogP contribution in [0, 0.1) is 0 Å². The van der Waals surface area contributed by atoms with Crippen LogP contribution in [0.2, 0.25) is 0 Å². The van der Waals surface area contributed by atoms with Gasteiger partial charge in [0, 0.05) is 26.2 Å². The van der Waals surface area contributed by atoms with E-state index in [1.165, 1.54) is 31.5 Å². The van der Waals surface area contributed by atoms with Crippen molar-refractivity contribution in [2.24, 2.45) is 0 Å². The smallest absolute Gasteiger partial charge is 0.0829 e. The third-order valence-electron chi connectivity index (χ3n) is 4.13. The molecular weight excluding hydrogens is 236 g/mol. The highest BCUT2D eigenvalue weighted by atomic mass is 16.5. The van der Waals surface area contributed by atoms with E-state index in [9.17, 15) is 0 Å². The number of nitrogens with zero attached hydrogens (tertiary/aromatic N) is 2. The first kappa shape index (κ1) is 13.1. The maximum absolute atomic E-state index is 5.92. The van der Waals surface area contributed by atoms with Gasteiger partial charge in [0.2, 0.25) is 0 Å². The van der Waals surface area contributed by atoms with Gasteiger partial charge in [-0.25, -0.2) is 0 Å². The molecule has 3 heteroatoms. The average molecular weight is 260 g/mol. The summed E-state index contributed by atoms with van der Waals surface area (Å²) in [5.74, 6) is 0. The Kier molecular flexibility index (Phi) is 4.49. The van der Waals surface area contributed by atoms with Crippen LogP contribution in [-0.2, 0) is 11.3 Å². The second kappa shape index (κ2) is 6.51. The summed E-state index contributed by atoms with van der Waals surface area (Å²) in [4.78, 5) is 5.08. The van der Waals surface area contributed by atoms with E-state index in [0.29, 0.717) is 6.10 Å². The van der Waals surface area contributed by atoms with E-state index in [1.807, 2.05) is 0 Å². The van der Waals surface area contributed by atoms with E-state index in [2.05, 4.69) is 40.1 Å². The molecule has 2 aliphatic rings. The fourth-order valence-corrected chi connectivity index (χ4v) is 3.13. The molecule has 1 atom stereocenters. The molecule has 0 N–H and O–H groups in total. The fraction of sp³-hybridized carbons (Fsp3) is 0.625. The van der Waals surface area contributed by atoms with Crippen molar-refractivity contribution >= 4 is 0 Å². The second-order valence-electron chi connectivity index (χ2n) is 5.72. The second-order valence-corrected chi connectivity index (χ2v) is 5.72. The van der Waals surface area contributed by atoms with Gasteiger partial charge >= 0.3 is 0 Å². The molecular formula is C16H24N2O. The summed E-state index contributed by atoms with van der Waals surface area (Å²) in [6.07, 6.45) is 3.12. The van der Waals surface area contributed by atoms with Gasteiger partial charge in [-0.15, -0.1) is 0 Å². The maximum atomic E-state index is 5.92. The van der Waals surface area contributed by atoms with Crippen LogP contribution in [0.15, 0.2) is 30.3 Å². The molecule has 2 heterocycles. The summed E-state index contributed by atoms with van der Waals surface area (Å²) in [6.45, 7) is 7.71. The molecule has 0 spiro atoms. The zero-order valence-corrected chi connectivity index (χ0v) is 11.6. The zero-order valence-electron chi connectivity index (χ0n) is 11.6. The zero-order chi connectivity index (χ0) is 12.9. The average Bonchev–Trinajstić information content (AvgIpc) is 2.93. The summed E-state index contributed by atoms with van der Waals surface area (Å²) >= 11 is 0. The molecule has 3 rings (SSSR count). The first-order valence-electron chi connectivity index (χ1n) is 7.50. The van der Waals surface area contributed by atoms with Crippen molar-refractivity contribution in [1.29, 1.82) is 0 Å². The van der Waals surface area contributed by atoms with Gasteiger partial charge < -0.3 is 9.64 Å². The number of likely N-dealkylation sites (tertiary alicyclic amines) is 1. The van der Waals surface area contributed by atoms with E-state index in [-0.39, 0.29) is 0 Å². The molecule has 2 saturated heterocycles. The van der Waals surface area contributed by atoms with Gasteiger partial charge in [0.05, 0.1) is 12.7 Å². The predicted octanol–water partition coefficient (Wildman–Crippen LogP) is 1.98. The Morgan fingerprint density at radius 1 is 1.00 bits per heavy atom. The number of hydrogen-bond donors (Lipinski definition) is 0. The molecule has 0 unspecified atom stereocenters. The Bertz CT molecular complexity index is 376. The Hall–Kier alpha value is -0.900. The van der Waals surface area contributed by atoms with Crippen molar-refractivity contribution in [3.05, 3.63) is 35.9 Å². The molecule has 0 radical (unpaired) electrons. The van der Waals surface area contributed by atoms with E-state index >= 15 is 0 Å². The third kappa shape index (κ3) is 3.78. The minimum Gasteiger partial charge on any atom is -0.374 e. The van der Waals surface area contributed by atoms with Gasteiger partial charge in [-0.3, -0.25) is 4.90 Å². The van der Waals surface area contributed by atoms with Crippen LogP contribution >= 0.6 is 0 Å². The van der Waals surface area contributed by atoms with Gasteiger partial charge in [-0.1, -0.05) is 30.3 Å². The fourth-order valence-electron chi connectivity index (χ4n) is 3.13. The summed E-state index contributed by atoms with van der Waals surface area (Å²) in [5, 5.41) is 0. The van der Waals surface area contributed by atoms with Crippen molar-refractivity contribution in [1.82, 2.24) is 9.80 Å². The molecule has 0 aliphatic carbocycles. The number of rotatable bonds is 4. The highest BCUT2D eigenvalue weighted by Crippen LogP contribution is 2.14. The lowest BCUT2D eigenvalue weighted by Crippen LogP contribution is -2.46. The predicted molar refractivity (Wildman–Crippen MR) is 77.1 cm³/mol. The van der Waals surface area contributed by atoms with Gasteiger partial charge in [0.25, 0.3) is 0 Å². The topological polar surface area (TPSA) is 15.7 Å². The number of morpholine rings is 1. The molecule has 104 valence electrons. The Balaban J connectivity index is 1.50. The molecule has 19 heavy (non-hydrogen) atoms. The molecule has 0 saturated carbocycles. The largest absolute Gasteiger partial charge is 0.374 e. The van der Waals surface area contributed by atoms with Crippen LogP contribution in [0.1, 0.15) is 18.4 Å². The van der Waals surface area contributed by atoms with Crippen LogP contribution in [0.25, 0.3) is 0 Å². The minimum absolute atomic E-state index is 0.399. The molecule has 0 amide bonds. The highest BCUT2D eigenvalue weighted by molar-refractivity contribution is 5.14. The van der Waals surface area contributed by atoms with Crippen LogP contribution in [-0.4, -0.2) is 55.2 Å². The molecule has 1 aromatic rings. The summed E-state index contributed by atoms with van der Waals surface area (Å²) in [5.41, 5.74) is 1.41. The molecule has 0 aromatic heterocycles. The Morgan fingerprint density at radius 3 is 2.58 bits per heavy atom. The Labute approximate surface area is 116 Å². The van der Waals surface area contributed by atoms with Crippen LogP contribution in [0.5, 0.6) is 0 Å². The lowest BCUT2D eigenvalue weighted by Gasteiger charge is -2.34. The highest BCUT2D eigenvalue weighted by Gasteiger charge is 2.23. The van der Waals surface area contributed by atoms with Crippen LogP contribution in [0.4, 0.5) is 0 Å². The first-order chi connectivity index (χ1) is 9.40. The van der Waals surface area contributed by atoms with Gasteiger partial charge in [0.1, 0.15) is 0 Å². The SMILES string of the molecule is c1ccc(CN2CCO[C@H](CN3CCCC3)C2)cc1. The van der Waals surface area contributed by atoms with Crippen LogP contribution < -0.4 is 0 Å². The van der Waals surface area contributed by atoms with Gasteiger partial charge in [-0.05, 0) is 31.5 Å². The summed E-state index contributed by atoms with van der Waals surface area (Å²) in [6, 6.07) is 10.8. The molecule has 0 bridgehead atoms. The lowest BCUT2D eigenvalue weighted by molar-refractivity contribution is -0.0433. The molecule has 3 nitrogen and oxygen atoms in total. The van der Waals surface area contributed by atoms with Gasteiger partial charge in [0.15, 0.2) is 0 Å². The lowest BCUT2D eigenvalue weighted by atomic mass is 10.2. The maximum Gasteiger partial charge on any atom is 0.0829 e. The quantitative estimate of drug-likeness (QED) is 0.823. The van der Waals surface area contributed by atoms with E-state index in [4.69, 9.17) is 4.74 Å². The standard InChI is InChI=1S/C16H24N2O/c1-2-6-15(7-3-1)12-18-10-11-19-16(14-18)13-17-8-4-5-9-17/h1-3,6-7,16H,4-5,8-14H2/t16-/m1/s1. The van der Waals surface area contributed by atoms with Crippen LogP contribution in [0.3, 0.4) is 0 Å². The normalized spacial score (nSPS) is 25.8. The van der Waals surface area contributed by atoms with Crippen molar-refractivity contribution in [2.75, 3.05) is 39.3 Å². The third-order valence-corrected chi connectivity index (χ3v) is 4.13. The monoisotopic (exact) mass is 260 g/mol. The Morgan fingerprint density at radius 2 is 1.79 bits per heavy atom. The van der Waals surface area contributed by atoms with Crippen molar-refractivity contribution in [3.8, 4) is 0 Å². The summed E-state index contributed by atoms with van der Waals surface area (Å²) < 4.78 is 5.92. The van der Waals surface area contributed by atoms with Crippen molar-refractivity contribution in [2.45, 2.75) is 25.5 Å².